The summed E-state index contributed by atoms with van der Waals surface area (Å²) in [6, 6.07) is 14.9. The number of piperazine rings is 1. The number of carbonyl (C=O) groups is 2. The van der Waals surface area contributed by atoms with Crippen molar-refractivity contribution in [1.29, 1.82) is 0 Å². The van der Waals surface area contributed by atoms with Gasteiger partial charge in [0, 0.05) is 38.3 Å². The molecule has 1 aromatic heterocycles. The third-order valence-corrected chi connectivity index (χ3v) is 5.74. The number of carbonyl (C=O) groups excluding carboxylic acids is 2. The molecule has 3 aromatic rings. The van der Waals surface area contributed by atoms with Crippen molar-refractivity contribution in [3.8, 4) is 0 Å². The topological polar surface area (TPSA) is 70.5 Å². The molecule has 1 aliphatic rings. The highest BCUT2D eigenvalue weighted by molar-refractivity contribution is 5.94. The first-order valence-electron chi connectivity index (χ1n) is 10.3. The van der Waals surface area contributed by atoms with Crippen molar-refractivity contribution in [2.45, 2.75) is 19.5 Å². The zero-order valence-electron chi connectivity index (χ0n) is 17.4. The lowest BCUT2D eigenvalue weighted by Crippen LogP contribution is -2.47. The van der Waals surface area contributed by atoms with E-state index in [1.807, 2.05) is 64.9 Å². The van der Waals surface area contributed by atoms with Crippen LogP contribution in [0, 0.1) is 0 Å². The van der Waals surface area contributed by atoms with Crippen LogP contribution in [-0.4, -0.2) is 64.4 Å². The molecule has 156 valence electrons. The lowest BCUT2D eigenvalue weighted by molar-refractivity contribution is -0.123. The highest BCUT2D eigenvalue weighted by Gasteiger charge is 2.20. The molecular weight excluding hydrogens is 378 g/mol. The van der Waals surface area contributed by atoms with E-state index in [1.165, 1.54) is 0 Å². The van der Waals surface area contributed by atoms with Gasteiger partial charge in [0.2, 0.25) is 5.91 Å². The van der Waals surface area contributed by atoms with Gasteiger partial charge in [-0.05, 0) is 43.8 Å². The van der Waals surface area contributed by atoms with Crippen molar-refractivity contribution in [3.63, 3.8) is 0 Å². The third kappa shape index (κ3) is 4.21. The highest BCUT2D eigenvalue weighted by atomic mass is 16.2. The normalized spacial score (nSPS) is 15.9. The van der Waals surface area contributed by atoms with Gasteiger partial charge in [-0.2, -0.15) is 0 Å². The average Bonchev–Trinajstić information content (AvgIpc) is 3.21. The average molecular weight is 406 g/mol. The van der Waals surface area contributed by atoms with Gasteiger partial charge in [-0.3, -0.25) is 9.59 Å². The summed E-state index contributed by atoms with van der Waals surface area (Å²) in [4.78, 5) is 33.8. The van der Waals surface area contributed by atoms with Gasteiger partial charge in [0.25, 0.3) is 5.91 Å². The summed E-state index contributed by atoms with van der Waals surface area (Å²) in [6.45, 7) is 5.60. The number of rotatable bonds is 5. The zero-order chi connectivity index (χ0) is 21.1. The SMILES string of the molecule is C[C@@H](C(=O)NCc1ccc(C(=O)N2CCN(C)CC2)cc1)n1cnc2ccccc21. The number of hydrogen-bond donors (Lipinski definition) is 1. The van der Waals surface area contributed by atoms with Gasteiger partial charge < -0.3 is 19.7 Å². The molecule has 0 spiro atoms. The van der Waals surface area contributed by atoms with Gasteiger partial charge in [0.05, 0.1) is 17.4 Å². The summed E-state index contributed by atoms with van der Waals surface area (Å²) in [6.07, 6.45) is 1.70. The van der Waals surface area contributed by atoms with Crippen molar-refractivity contribution in [3.05, 3.63) is 66.0 Å². The number of hydrogen-bond acceptors (Lipinski definition) is 4. The molecule has 1 fully saturated rings. The number of likely N-dealkylation sites (N-methyl/N-ethyl adjacent to an activating group) is 1. The maximum Gasteiger partial charge on any atom is 0.253 e. The molecule has 0 bridgehead atoms. The quantitative estimate of drug-likeness (QED) is 0.707. The molecule has 7 nitrogen and oxygen atoms in total. The van der Waals surface area contributed by atoms with Crippen LogP contribution in [0.4, 0.5) is 0 Å². The Bertz CT molecular complexity index is 1040. The lowest BCUT2D eigenvalue weighted by atomic mass is 10.1. The number of nitrogens with zero attached hydrogens (tertiary/aromatic N) is 4. The van der Waals surface area contributed by atoms with Crippen LogP contribution in [0.25, 0.3) is 11.0 Å². The second kappa shape index (κ2) is 8.67. The maximum absolute atomic E-state index is 12.6. The van der Waals surface area contributed by atoms with Crippen LogP contribution in [0.2, 0.25) is 0 Å². The summed E-state index contributed by atoms with van der Waals surface area (Å²) in [5.41, 5.74) is 3.46. The van der Waals surface area contributed by atoms with E-state index >= 15 is 0 Å². The molecule has 0 unspecified atom stereocenters. The number of nitrogens with one attached hydrogen (secondary N) is 1. The number of para-hydroxylation sites is 2. The molecule has 7 heteroatoms. The first kappa shape index (κ1) is 20.1. The van der Waals surface area contributed by atoms with Crippen molar-refractivity contribution in [2.24, 2.45) is 0 Å². The predicted molar refractivity (Wildman–Crippen MR) is 116 cm³/mol. The molecule has 4 rings (SSSR count). The predicted octanol–water partition coefficient (Wildman–Crippen LogP) is 2.30. The molecule has 0 radical (unpaired) electrons. The minimum Gasteiger partial charge on any atom is -0.350 e. The fourth-order valence-corrected chi connectivity index (χ4v) is 3.71. The molecule has 1 atom stereocenters. The van der Waals surface area contributed by atoms with E-state index in [9.17, 15) is 9.59 Å². The van der Waals surface area contributed by atoms with Crippen molar-refractivity contribution in [1.82, 2.24) is 24.7 Å². The Labute approximate surface area is 176 Å². The van der Waals surface area contributed by atoms with Gasteiger partial charge >= 0.3 is 0 Å². The number of aromatic nitrogens is 2. The van der Waals surface area contributed by atoms with Crippen LogP contribution in [0.15, 0.2) is 54.9 Å². The Kier molecular flexibility index (Phi) is 5.81. The fourth-order valence-electron chi connectivity index (χ4n) is 3.71. The highest BCUT2D eigenvalue weighted by Crippen LogP contribution is 2.17. The van der Waals surface area contributed by atoms with E-state index in [2.05, 4.69) is 22.2 Å². The Morgan fingerprint density at radius 3 is 2.47 bits per heavy atom. The number of fused-ring (bicyclic) bond motifs is 1. The summed E-state index contributed by atoms with van der Waals surface area (Å²) in [5.74, 6) is -0.00460. The van der Waals surface area contributed by atoms with Gasteiger partial charge in [-0.1, -0.05) is 24.3 Å². The monoisotopic (exact) mass is 405 g/mol. The molecule has 30 heavy (non-hydrogen) atoms. The summed E-state index contributed by atoms with van der Waals surface area (Å²) >= 11 is 0. The van der Waals surface area contributed by atoms with E-state index in [-0.39, 0.29) is 17.9 Å². The molecule has 1 saturated heterocycles. The molecule has 2 heterocycles. The van der Waals surface area contributed by atoms with Crippen LogP contribution >= 0.6 is 0 Å². The minimum absolute atomic E-state index is 0.0688. The van der Waals surface area contributed by atoms with Crippen LogP contribution in [0.1, 0.15) is 28.9 Å². The summed E-state index contributed by atoms with van der Waals surface area (Å²) in [5, 5.41) is 2.98. The van der Waals surface area contributed by atoms with Gasteiger partial charge in [-0.15, -0.1) is 0 Å². The molecule has 0 saturated carbocycles. The third-order valence-electron chi connectivity index (χ3n) is 5.74. The van der Waals surface area contributed by atoms with Crippen LogP contribution in [0.3, 0.4) is 0 Å². The van der Waals surface area contributed by atoms with Crippen molar-refractivity contribution in [2.75, 3.05) is 33.2 Å². The van der Waals surface area contributed by atoms with Gasteiger partial charge in [0.1, 0.15) is 6.04 Å². The van der Waals surface area contributed by atoms with E-state index in [4.69, 9.17) is 0 Å². The number of imidazole rings is 1. The largest absolute Gasteiger partial charge is 0.350 e. The molecular formula is C23H27N5O2. The maximum atomic E-state index is 12.6. The van der Waals surface area contributed by atoms with Crippen molar-refractivity contribution >= 4 is 22.8 Å². The first-order valence-corrected chi connectivity index (χ1v) is 10.3. The van der Waals surface area contributed by atoms with Crippen molar-refractivity contribution < 1.29 is 9.59 Å². The molecule has 1 aliphatic heterocycles. The Morgan fingerprint density at radius 2 is 1.73 bits per heavy atom. The van der Waals surface area contributed by atoms with Gasteiger partial charge in [-0.25, -0.2) is 4.98 Å². The Morgan fingerprint density at radius 1 is 1.03 bits per heavy atom. The lowest BCUT2D eigenvalue weighted by Gasteiger charge is -2.32. The molecule has 1 N–H and O–H groups in total. The van der Waals surface area contributed by atoms with Gasteiger partial charge in [0.15, 0.2) is 0 Å². The van der Waals surface area contributed by atoms with Crippen LogP contribution in [-0.2, 0) is 11.3 Å². The summed E-state index contributed by atoms with van der Waals surface area (Å²) < 4.78 is 1.88. The second-order valence-corrected chi connectivity index (χ2v) is 7.83. The van der Waals surface area contributed by atoms with E-state index < -0.39 is 0 Å². The standard InChI is InChI=1S/C23H27N5O2/c1-17(28-16-25-20-5-3-4-6-21(20)28)22(29)24-15-18-7-9-19(10-8-18)23(30)27-13-11-26(2)12-14-27/h3-10,16-17H,11-15H2,1-2H3,(H,24,29)/t17-/m0/s1. The molecule has 2 aromatic carbocycles. The number of benzene rings is 2. The fraction of sp³-hybridized carbons (Fsp3) is 0.348. The minimum atomic E-state index is -0.365. The summed E-state index contributed by atoms with van der Waals surface area (Å²) in [7, 11) is 2.07. The van der Waals surface area contributed by atoms with E-state index in [1.54, 1.807) is 6.33 Å². The van der Waals surface area contributed by atoms with E-state index in [0.29, 0.717) is 12.1 Å². The smallest absolute Gasteiger partial charge is 0.253 e. The second-order valence-electron chi connectivity index (χ2n) is 7.83. The number of amides is 2. The molecule has 0 aliphatic carbocycles. The molecule has 2 amide bonds. The Balaban J connectivity index is 1.34. The zero-order valence-corrected chi connectivity index (χ0v) is 17.4. The van der Waals surface area contributed by atoms with Crippen LogP contribution in [0.5, 0.6) is 0 Å². The van der Waals surface area contributed by atoms with Crippen LogP contribution < -0.4 is 5.32 Å². The van der Waals surface area contributed by atoms with E-state index in [0.717, 1.165) is 42.8 Å². The Hall–Kier alpha value is -3.19. The first-order chi connectivity index (χ1) is 14.5.